The van der Waals surface area contributed by atoms with E-state index in [4.69, 9.17) is 9.47 Å². The predicted molar refractivity (Wildman–Crippen MR) is 118 cm³/mol. The number of aryl methyl sites for hydroxylation is 1. The van der Waals surface area contributed by atoms with E-state index in [-0.39, 0.29) is 12.5 Å². The Bertz CT molecular complexity index is 1240. The fraction of sp³-hybridized carbons (Fsp3) is 0.269. The quantitative estimate of drug-likeness (QED) is 0.524. The number of rotatable bonds is 4. The fourth-order valence-electron chi connectivity index (χ4n) is 5.19. The number of amides is 1. The summed E-state index contributed by atoms with van der Waals surface area (Å²) >= 11 is 0. The van der Waals surface area contributed by atoms with Crippen LogP contribution in [0.2, 0.25) is 0 Å². The summed E-state index contributed by atoms with van der Waals surface area (Å²) in [5.41, 5.74) is 1.59. The number of anilines is 1. The van der Waals surface area contributed by atoms with Gasteiger partial charge >= 0.3 is 6.18 Å². The molecule has 0 fully saturated rings. The van der Waals surface area contributed by atoms with Crippen molar-refractivity contribution in [1.82, 2.24) is 0 Å². The second-order valence-electron chi connectivity index (χ2n) is 8.37. The van der Waals surface area contributed by atoms with Gasteiger partial charge in [0.2, 0.25) is 5.91 Å². The number of carbonyl (C=O) groups excluding carboxylic acids is 1. The molecule has 2 aliphatic rings. The standard InChI is InChI=1S/C26H22F3NO3/c1-32-19-9-6-16(7-10-19)15-30-21-14-18(26(27,28)29)8-11-20(21)25(24(30)31)13-12-17-4-3-5-22(33-2)23(17)25/h3-11,14H,12-13,15H2,1-2H3. The lowest BCUT2D eigenvalue weighted by Crippen LogP contribution is -2.39. The summed E-state index contributed by atoms with van der Waals surface area (Å²) in [6.07, 6.45) is -3.38. The van der Waals surface area contributed by atoms with E-state index in [2.05, 4.69) is 0 Å². The zero-order chi connectivity index (χ0) is 23.4. The first-order chi connectivity index (χ1) is 15.8. The van der Waals surface area contributed by atoms with Gasteiger partial charge in [-0.15, -0.1) is 0 Å². The van der Waals surface area contributed by atoms with Crippen molar-refractivity contribution in [1.29, 1.82) is 0 Å². The molecule has 5 rings (SSSR count). The van der Waals surface area contributed by atoms with E-state index in [9.17, 15) is 18.0 Å². The third-order valence-electron chi connectivity index (χ3n) is 6.71. The molecule has 7 heteroatoms. The van der Waals surface area contributed by atoms with Crippen molar-refractivity contribution in [2.24, 2.45) is 0 Å². The van der Waals surface area contributed by atoms with E-state index in [1.54, 1.807) is 32.4 Å². The summed E-state index contributed by atoms with van der Waals surface area (Å²) in [7, 11) is 3.10. The van der Waals surface area contributed by atoms with Crippen molar-refractivity contribution >= 4 is 11.6 Å². The molecule has 1 spiro atoms. The van der Waals surface area contributed by atoms with Crippen LogP contribution in [0, 0.1) is 0 Å². The Morgan fingerprint density at radius 3 is 2.42 bits per heavy atom. The molecule has 1 unspecified atom stereocenters. The summed E-state index contributed by atoms with van der Waals surface area (Å²) in [5, 5.41) is 0. The van der Waals surface area contributed by atoms with Crippen molar-refractivity contribution in [3.8, 4) is 11.5 Å². The van der Waals surface area contributed by atoms with Crippen LogP contribution in [-0.2, 0) is 29.4 Å². The second-order valence-corrected chi connectivity index (χ2v) is 8.37. The Kier molecular flexibility index (Phi) is 4.88. The van der Waals surface area contributed by atoms with Crippen LogP contribution < -0.4 is 14.4 Å². The van der Waals surface area contributed by atoms with Crippen LogP contribution in [0.1, 0.15) is 34.2 Å². The highest BCUT2D eigenvalue weighted by molar-refractivity contribution is 6.11. The van der Waals surface area contributed by atoms with E-state index < -0.39 is 17.2 Å². The molecular formula is C26H22F3NO3. The third-order valence-corrected chi connectivity index (χ3v) is 6.71. The molecule has 0 N–H and O–H groups in total. The topological polar surface area (TPSA) is 38.8 Å². The van der Waals surface area contributed by atoms with Crippen molar-refractivity contribution < 1.29 is 27.4 Å². The summed E-state index contributed by atoms with van der Waals surface area (Å²) in [6, 6.07) is 16.4. The maximum absolute atomic E-state index is 14.1. The van der Waals surface area contributed by atoms with E-state index in [1.165, 1.54) is 11.0 Å². The minimum atomic E-state index is -4.51. The Morgan fingerprint density at radius 1 is 1.00 bits per heavy atom. The van der Waals surface area contributed by atoms with Gasteiger partial charge in [-0.05, 0) is 59.9 Å². The van der Waals surface area contributed by atoms with Crippen LogP contribution in [0.5, 0.6) is 11.5 Å². The molecule has 1 amide bonds. The Labute approximate surface area is 189 Å². The van der Waals surface area contributed by atoms with Gasteiger partial charge in [-0.1, -0.05) is 30.3 Å². The van der Waals surface area contributed by atoms with Crippen LogP contribution in [-0.4, -0.2) is 20.1 Å². The summed E-state index contributed by atoms with van der Waals surface area (Å²) in [6.45, 7) is 0.156. The zero-order valence-electron chi connectivity index (χ0n) is 18.2. The number of alkyl halides is 3. The highest BCUT2D eigenvalue weighted by Gasteiger charge is 2.56. The highest BCUT2D eigenvalue weighted by atomic mass is 19.4. The lowest BCUT2D eigenvalue weighted by Gasteiger charge is -2.27. The Morgan fingerprint density at radius 2 is 1.76 bits per heavy atom. The van der Waals surface area contributed by atoms with Crippen LogP contribution in [0.25, 0.3) is 0 Å². The summed E-state index contributed by atoms with van der Waals surface area (Å²) in [4.78, 5) is 15.6. The molecule has 3 aromatic carbocycles. The molecule has 0 bridgehead atoms. The maximum atomic E-state index is 14.1. The normalized spacial score (nSPS) is 19.1. The first kappa shape index (κ1) is 21.4. The van der Waals surface area contributed by atoms with Crippen molar-refractivity contribution in [2.75, 3.05) is 19.1 Å². The predicted octanol–water partition coefficient (Wildman–Crippen LogP) is 5.50. The number of hydrogen-bond donors (Lipinski definition) is 0. The van der Waals surface area contributed by atoms with E-state index >= 15 is 0 Å². The van der Waals surface area contributed by atoms with Gasteiger partial charge in [-0.2, -0.15) is 13.2 Å². The highest BCUT2D eigenvalue weighted by Crippen LogP contribution is 2.56. The second kappa shape index (κ2) is 7.54. The van der Waals surface area contributed by atoms with Crippen LogP contribution in [0.3, 0.4) is 0 Å². The zero-order valence-corrected chi connectivity index (χ0v) is 18.2. The molecule has 1 aliphatic carbocycles. The molecule has 0 radical (unpaired) electrons. The van der Waals surface area contributed by atoms with Gasteiger partial charge in [0, 0.05) is 11.3 Å². The van der Waals surface area contributed by atoms with Crippen molar-refractivity contribution in [3.05, 3.63) is 88.5 Å². The molecule has 4 nitrogen and oxygen atoms in total. The lowest BCUT2D eigenvalue weighted by atomic mass is 9.76. The number of benzene rings is 3. The number of fused-ring (bicyclic) bond motifs is 4. The third kappa shape index (κ3) is 3.17. The van der Waals surface area contributed by atoms with Crippen LogP contribution in [0.4, 0.5) is 18.9 Å². The number of nitrogens with zero attached hydrogens (tertiary/aromatic N) is 1. The van der Waals surface area contributed by atoms with E-state index in [0.29, 0.717) is 35.6 Å². The molecule has 1 heterocycles. The first-order valence-corrected chi connectivity index (χ1v) is 10.6. The summed E-state index contributed by atoms with van der Waals surface area (Å²) < 4.78 is 51.5. The van der Waals surface area contributed by atoms with Gasteiger partial charge < -0.3 is 14.4 Å². The Hall–Kier alpha value is -3.48. The van der Waals surface area contributed by atoms with Gasteiger partial charge in [0.25, 0.3) is 0 Å². The molecule has 33 heavy (non-hydrogen) atoms. The molecule has 3 aromatic rings. The van der Waals surface area contributed by atoms with E-state index in [1.807, 2.05) is 24.3 Å². The lowest BCUT2D eigenvalue weighted by molar-refractivity contribution is -0.137. The van der Waals surface area contributed by atoms with Crippen molar-refractivity contribution in [3.63, 3.8) is 0 Å². The largest absolute Gasteiger partial charge is 0.497 e. The van der Waals surface area contributed by atoms with Gasteiger partial charge in [0.15, 0.2) is 0 Å². The minimum absolute atomic E-state index is 0.156. The maximum Gasteiger partial charge on any atom is 0.416 e. The molecule has 0 aromatic heterocycles. The molecule has 1 atom stereocenters. The summed E-state index contributed by atoms with van der Waals surface area (Å²) in [5.74, 6) is 1.02. The smallest absolute Gasteiger partial charge is 0.416 e. The number of methoxy groups -OCH3 is 2. The van der Waals surface area contributed by atoms with Gasteiger partial charge in [0.1, 0.15) is 16.9 Å². The van der Waals surface area contributed by atoms with Gasteiger partial charge in [-0.25, -0.2) is 0 Å². The molecule has 1 aliphatic heterocycles. The SMILES string of the molecule is COc1ccc(CN2C(=O)C3(CCc4cccc(OC)c43)c3ccc(C(F)(F)F)cc32)cc1. The molecule has 0 saturated heterocycles. The monoisotopic (exact) mass is 453 g/mol. The molecule has 170 valence electrons. The first-order valence-electron chi connectivity index (χ1n) is 10.6. The Balaban J connectivity index is 1.69. The average molecular weight is 453 g/mol. The van der Waals surface area contributed by atoms with Crippen LogP contribution in [0.15, 0.2) is 60.7 Å². The minimum Gasteiger partial charge on any atom is -0.497 e. The average Bonchev–Trinajstić information content (AvgIpc) is 3.32. The number of ether oxygens (including phenoxy) is 2. The molecule has 0 saturated carbocycles. The van der Waals surface area contributed by atoms with Crippen LogP contribution >= 0.6 is 0 Å². The van der Waals surface area contributed by atoms with E-state index in [0.717, 1.165) is 28.8 Å². The van der Waals surface area contributed by atoms with Gasteiger partial charge in [0.05, 0.1) is 26.3 Å². The van der Waals surface area contributed by atoms with Crippen molar-refractivity contribution in [2.45, 2.75) is 31.0 Å². The van der Waals surface area contributed by atoms with Gasteiger partial charge in [-0.3, -0.25) is 4.79 Å². The number of halogens is 3. The molecular weight excluding hydrogens is 431 g/mol. The fourth-order valence-corrected chi connectivity index (χ4v) is 5.19. The number of hydrogen-bond acceptors (Lipinski definition) is 3. The number of carbonyl (C=O) groups is 1.